The maximum Gasteiger partial charge on any atom is 0.227 e. The summed E-state index contributed by atoms with van der Waals surface area (Å²) in [6.45, 7) is 5.43. The van der Waals surface area contributed by atoms with Gasteiger partial charge in [-0.25, -0.2) is 12.7 Å². The van der Waals surface area contributed by atoms with Gasteiger partial charge in [-0.2, -0.15) is 0 Å². The smallest absolute Gasteiger partial charge is 0.227 e. The first-order valence-electron chi connectivity index (χ1n) is 8.35. The van der Waals surface area contributed by atoms with Crippen molar-refractivity contribution in [2.45, 2.75) is 26.7 Å². The lowest BCUT2D eigenvalue weighted by atomic mass is 9.97. The van der Waals surface area contributed by atoms with Crippen LogP contribution in [-0.2, 0) is 14.8 Å². The minimum atomic E-state index is -3.19. The Balaban J connectivity index is 1.92. The number of rotatable bonds is 6. The molecule has 1 aliphatic heterocycles. The van der Waals surface area contributed by atoms with E-state index in [1.54, 1.807) is 18.2 Å². The minimum absolute atomic E-state index is 0.111. The van der Waals surface area contributed by atoms with E-state index in [0.717, 1.165) is 0 Å². The SMILES string of the molecule is CC(C)COc1ccc(NC(=O)C2CCN(S(C)(=O)=O)CC2)cc1Cl. The van der Waals surface area contributed by atoms with E-state index in [2.05, 4.69) is 19.2 Å². The van der Waals surface area contributed by atoms with Crippen LogP contribution in [0.15, 0.2) is 18.2 Å². The Morgan fingerprint density at radius 2 is 2.00 bits per heavy atom. The van der Waals surface area contributed by atoms with Gasteiger partial charge in [0.1, 0.15) is 5.75 Å². The number of halogens is 1. The number of nitrogens with zero attached hydrogens (tertiary/aromatic N) is 1. The van der Waals surface area contributed by atoms with Crippen LogP contribution in [0.2, 0.25) is 5.02 Å². The van der Waals surface area contributed by atoms with Gasteiger partial charge >= 0.3 is 0 Å². The van der Waals surface area contributed by atoms with Gasteiger partial charge in [-0.15, -0.1) is 0 Å². The van der Waals surface area contributed by atoms with Crippen molar-refractivity contribution in [3.05, 3.63) is 23.2 Å². The standard InChI is InChI=1S/C17H25ClN2O4S/c1-12(2)11-24-16-5-4-14(10-15(16)18)19-17(21)13-6-8-20(9-7-13)25(3,22)23/h4-5,10,12-13H,6-9,11H2,1-3H3,(H,19,21). The summed E-state index contributed by atoms with van der Waals surface area (Å²) in [5, 5.41) is 3.30. The Kier molecular flexibility index (Phi) is 6.71. The molecule has 1 amide bonds. The number of hydrogen-bond donors (Lipinski definition) is 1. The summed E-state index contributed by atoms with van der Waals surface area (Å²) in [7, 11) is -3.19. The zero-order chi connectivity index (χ0) is 18.6. The number of benzene rings is 1. The number of sulfonamides is 1. The fourth-order valence-electron chi connectivity index (χ4n) is 2.65. The van der Waals surface area contributed by atoms with E-state index < -0.39 is 10.0 Å². The average molecular weight is 389 g/mol. The van der Waals surface area contributed by atoms with E-state index in [4.69, 9.17) is 16.3 Å². The first kappa shape index (κ1) is 20.0. The maximum atomic E-state index is 12.4. The van der Waals surface area contributed by atoms with E-state index in [9.17, 15) is 13.2 Å². The predicted octanol–water partition coefficient (Wildman–Crippen LogP) is 2.98. The maximum absolute atomic E-state index is 12.4. The molecule has 2 rings (SSSR count). The molecule has 140 valence electrons. The highest BCUT2D eigenvalue weighted by Crippen LogP contribution is 2.29. The van der Waals surface area contributed by atoms with Crippen molar-refractivity contribution in [3.63, 3.8) is 0 Å². The van der Waals surface area contributed by atoms with E-state index >= 15 is 0 Å². The molecule has 0 aromatic heterocycles. The number of hydrogen-bond acceptors (Lipinski definition) is 4. The quantitative estimate of drug-likeness (QED) is 0.812. The molecule has 0 bridgehead atoms. The highest BCUT2D eigenvalue weighted by Gasteiger charge is 2.29. The number of carbonyl (C=O) groups excluding carboxylic acids is 1. The number of nitrogens with one attached hydrogen (secondary N) is 1. The highest BCUT2D eigenvalue weighted by molar-refractivity contribution is 7.88. The van der Waals surface area contributed by atoms with Crippen LogP contribution >= 0.6 is 11.6 Å². The lowest BCUT2D eigenvalue weighted by Gasteiger charge is -2.29. The summed E-state index contributed by atoms with van der Waals surface area (Å²) >= 11 is 6.20. The number of piperidine rings is 1. The Morgan fingerprint density at radius 1 is 1.36 bits per heavy atom. The Bertz CT molecular complexity index is 713. The molecule has 0 aliphatic carbocycles. The monoisotopic (exact) mass is 388 g/mol. The van der Waals surface area contributed by atoms with E-state index in [-0.39, 0.29) is 11.8 Å². The van der Waals surface area contributed by atoms with Crippen LogP contribution in [0, 0.1) is 11.8 Å². The van der Waals surface area contributed by atoms with Gasteiger partial charge in [0.05, 0.1) is 17.9 Å². The second-order valence-corrected chi connectivity index (χ2v) is 9.17. The van der Waals surface area contributed by atoms with Crippen molar-refractivity contribution in [2.24, 2.45) is 11.8 Å². The molecule has 1 N–H and O–H groups in total. The van der Waals surface area contributed by atoms with Crippen molar-refractivity contribution in [1.29, 1.82) is 0 Å². The van der Waals surface area contributed by atoms with E-state index in [1.807, 2.05) is 0 Å². The van der Waals surface area contributed by atoms with Crippen LogP contribution < -0.4 is 10.1 Å². The number of carbonyl (C=O) groups is 1. The second kappa shape index (κ2) is 8.38. The highest BCUT2D eigenvalue weighted by atomic mass is 35.5. The lowest BCUT2D eigenvalue weighted by Crippen LogP contribution is -2.40. The molecule has 1 fully saturated rings. The molecular formula is C17H25ClN2O4S. The first-order valence-corrected chi connectivity index (χ1v) is 10.6. The van der Waals surface area contributed by atoms with Crippen molar-refractivity contribution in [1.82, 2.24) is 4.31 Å². The second-order valence-electron chi connectivity index (χ2n) is 6.78. The van der Waals surface area contributed by atoms with Crippen LogP contribution in [0.5, 0.6) is 5.75 Å². The number of ether oxygens (including phenoxy) is 1. The van der Waals surface area contributed by atoms with E-state index in [1.165, 1.54) is 10.6 Å². The molecule has 8 heteroatoms. The minimum Gasteiger partial charge on any atom is -0.492 e. The molecule has 1 aromatic rings. The van der Waals surface area contributed by atoms with Crippen molar-refractivity contribution in [2.75, 3.05) is 31.3 Å². The largest absolute Gasteiger partial charge is 0.492 e. The molecule has 1 saturated heterocycles. The molecule has 0 unspecified atom stereocenters. The van der Waals surface area contributed by atoms with Gasteiger partial charge in [-0.3, -0.25) is 4.79 Å². The molecular weight excluding hydrogens is 364 g/mol. The van der Waals surface area contributed by atoms with Crippen LogP contribution in [-0.4, -0.2) is 44.6 Å². The number of amides is 1. The van der Waals surface area contributed by atoms with Crippen LogP contribution in [0.3, 0.4) is 0 Å². The molecule has 0 saturated carbocycles. The summed E-state index contributed by atoms with van der Waals surface area (Å²) in [6.07, 6.45) is 2.22. The zero-order valence-corrected chi connectivity index (χ0v) is 16.4. The van der Waals surface area contributed by atoms with Crippen molar-refractivity contribution >= 4 is 33.2 Å². The molecule has 0 radical (unpaired) electrons. The molecule has 1 aromatic carbocycles. The molecule has 0 spiro atoms. The fourth-order valence-corrected chi connectivity index (χ4v) is 3.76. The molecule has 1 heterocycles. The average Bonchev–Trinajstić information content (AvgIpc) is 2.53. The zero-order valence-electron chi connectivity index (χ0n) is 14.8. The Labute approximate surface area is 154 Å². The molecule has 6 nitrogen and oxygen atoms in total. The van der Waals surface area contributed by atoms with Gasteiger partial charge in [0, 0.05) is 24.7 Å². The van der Waals surface area contributed by atoms with Crippen molar-refractivity contribution < 1.29 is 17.9 Å². The molecule has 0 atom stereocenters. The summed E-state index contributed by atoms with van der Waals surface area (Å²) in [4.78, 5) is 12.4. The van der Waals surface area contributed by atoms with Gasteiger partial charge in [-0.1, -0.05) is 25.4 Å². The lowest BCUT2D eigenvalue weighted by molar-refractivity contribution is -0.120. The fraction of sp³-hybridized carbons (Fsp3) is 0.588. The topological polar surface area (TPSA) is 75.7 Å². The summed E-state index contributed by atoms with van der Waals surface area (Å²) in [5.41, 5.74) is 0.609. The Morgan fingerprint density at radius 3 is 2.52 bits per heavy atom. The van der Waals surface area contributed by atoms with Crippen molar-refractivity contribution in [3.8, 4) is 5.75 Å². The number of anilines is 1. The third-order valence-corrected chi connectivity index (χ3v) is 5.66. The van der Waals surface area contributed by atoms with Gasteiger partial charge in [0.15, 0.2) is 0 Å². The summed E-state index contributed by atoms with van der Waals surface area (Å²) < 4.78 is 30.1. The third-order valence-electron chi connectivity index (χ3n) is 4.07. The summed E-state index contributed by atoms with van der Waals surface area (Å²) in [6, 6.07) is 5.17. The molecule has 25 heavy (non-hydrogen) atoms. The summed E-state index contributed by atoms with van der Waals surface area (Å²) in [5.74, 6) is 0.678. The van der Waals surface area contributed by atoms with Gasteiger partial charge in [0.25, 0.3) is 0 Å². The van der Waals surface area contributed by atoms with Crippen LogP contribution in [0.4, 0.5) is 5.69 Å². The van der Waals surface area contributed by atoms with Gasteiger partial charge in [-0.05, 0) is 37.0 Å². The predicted molar refractivity (Wildman–Crippen MR) is 99.6 cm³/mol. The molecule has 1 aliphatic rings. The normalized spacial score (nSPS) is 16.8. The Hall–Kier alpha value is -1.31. The van der Waals surface area contributed by atoms with Gasteiger partial charge < -0.3 is 10.1 Å². The van der Waals surface area contributed by atoms with Gasteiger partial charge in [0.2, 0.25) is 15.9 Å². The first-order chi connectivity index (χ1) is 11.7. The van der Waals surface area contributed by atoms with E-state index in [0.29, 0.717) is 54.9 Å². The van der Waals surface area contributed by atoms with Crippen LogP contribution in [0.1, 0.15) is 26.7 Å². The third kappa shape index (κ3) is 5.87. The van der Waals surface area contributed by atoms with Crippen LogP contribution in [0.25, 0.3) is 0 Å².